The molecule has 0 atom stereocenters. The quantitative estimate of drug-likeness (QED) is 0.526. The van der Waals surface area contributed by atoms with Crippen molar-refractivity contribution < 1.29 is 14.0 Å². The lowest BCUT2D eigenvalue weighted by molar-refractivity contribution is -0.129. The Labute approximate surface area is 198 Å². The Bertz CT molecular complexity index is 1180. The van der Waals surface area contributed by atoms with Crippen molar-refractivity contribution in [1.29, 1.82) is 0 Å². The van der Waals surface area contributed by atoms with Crippen molar-refractivity contribution in [1.82, 2.24) is 4.90 Å². The van der Waals surface area contributed by atoms with Gasteiger partial charge in [-0.3, -0.25) is 9.59 Å². The molecule has 33 heavy (non-hydrogen) atoms. The fraction of sp³-hybridized carbons (Fsp3) is 0.231. The van der Waals surface area contributed by atoms with Gasteiger partial charge >= 0.3 is 0 Å². The van der Waals surface area contributed by atoms with E-state index in [0.29, 0.717) is 22.2 Å². The molecule has 0 saturated carbocycles. The highest BCUT2D eigenvalue weighted by molar-refractivity contribution is 6.31. The molecule has 1 aliphatic rings. The molecular weight excluding hydrogens is 438 g/mol. The molecule has 1 N–H and O–H groups in total. The number of rotatable bonds is 5. The van der Waals surface area contributed by atoms with Gasteiger partial charge in [-0.1, -0.05) is 23.7 Å². The van der Waals surface area contributed by atoms with Crippen LogP contribution in [-0.4, -0.2) is 42.9 Å². The van der Waals surface area contributed by atoms with Crippen molar-refractivity contribution in [2.75, 3.05) is 36.4 Å². The summed E-state index contributed by atoms with van der Waals surface area (Å²) in [7, 11) is 0. The van der Waals surface area contributed by atoms with Crippen molar-refractivity contribution in [3.05, 3.63) is 77.0 Å². The van der Waals surface area contributed by atoms with Gasteiger partial charge in [0.25, 0.3) is 0 Å². The van der Waals surface area contributed by atoms with Crippen LogP contribution in [0.3, 0.4) is 0 Å². The number of benzene rings is 2. The lowest BCUT2D eigenvalue weighted by Crippen LogP contribution is -2.48. The van der Waals surface area contributed by atoms with Crippen LogP contribution in [0.2, 0.25) is 5.02 Å². The Morgan fingerprint density at radius 1 is 1.00 bits per heavy atom. The van der Waals surface area contributed by atoms with Crippen molar-refractivity contribution >= 4 is 40.9 Å². The van der Waals surface area contributed by atoms with Gasteiger partial charge in [-0.2, -0.15) is 0 Å². The minimum atomic E-state index is -0.242. The standard InChI is InChI=1S/C26H26ClN3O3/c1-18-3-4-20(17-24(18)27)25-11-9-23(33-25)10-12-26(32)28-21-5-7-22(8-6-21)30-15-13-29(14-16-30)19(2)31/h3-12,17H,13-16H2,1-2H3,(H,28,32). The molecule has 2 aromatic carbocycles. The average molecular weight is 464 g/mol. The van der Waals surface area contributed by atoms with E-state index in [4.69, 9.17) is 16.0 Å². The first-order valence-electron chi connectivity index (χ1n) is 10.8. The van der Waals surface area contributed by atoms with Crippen molar-refractivity contribution in [3.8, 4) is 11.3 Å². The third-order valence-corrected chi connectivity index (χ3v) is 6.11. The largest absolute Gasteiger partial charge is 0.457 e. The van der Waals surface area contributed by atoms with Crippen molar-refractivity contribution in [3.63, 3.8) is 0 Å². The maximum Gasteiger partial charge on any atom is 0.248 e. The lowest BCUT2D eigenvalue weighted by Gasteiger charge is -2.35. The van der Waals surface area contributed by atoms with Gasteiger partial charge in [-0.15, -0.1) is 0 Å². The molecule has 4 rings (SSSR count). The zero-order chi connectivity index (χ0) is 23.4. The van der Waals surface area contributed by atoms with E-state index in [9.17, 15) is 9.59 Å². The van der Waals surface area contributed by atoms with E-state index < -0.39 is 0 Å². The fourth-order valence-corrected chi connectivity index (χ4v) is 3.90. The highest BCUT2D eigenvalue weighted by Gasteiger charge is 2.18. The molecule has 1 aromatic heterocycles. The first kappa shape index (κ1) is 22.7. The highest BCUT2D eigenvalue weighted by Crippen LogP contribution is 2.27. The number of furan rings is 1. The fourth-order valence-electron chi connectivity index (χ4n) is 3.72. The number of carbonyl (C=O) groups excluding carboxylic acids is 2. The van der Waals surface area contributed by atoms with E-state index in [1.807, 2.05) is 66.4 Å². The number of aryl methyl sites for hydroxylation is 1. The predicted molar refractivity (Wildman–Crippen MR) is 132 cm³/mol. The summed E-state index contributed by atoms with van der Waals surface area (Å²) < 4.78 is 5.81. The van der Waals surface area contributed by atoms with Crippen LogP contribution in [-0.2, 0) is 9.59 Å². The Kier molecular flexibility index (Phi) is 6.84. The Morgan fingerprint density at radius 3 is 2.39 bits per heavy atom. The number of anilines is 2. The summed E-state index contributed by atoms with van der Waals surface area (Å²) in [4.78, 5) is 27.9. The van der Waals surface area contributed by atoms with Crippen molar-refractivity contribution in [2.45, 2.75) is 13.8 Å². The summed E-state index contributed by atoms with van der Waals surface area (Å²) >= 11 is 6.20. The van der Waals surface area contributed by atoms with Gasteiger partial charge in [0.2, 0.25) is 11.8 Å². The van der Waals surface area contributed by atoms with Gasteiger partial charge in [0.05, 0.1) is 0 Å². The molecule has 170 valence electrons. The normalized spacial score (nSPS) is 14.0. The number of carbonyl (C=O) groups is 2. The first-order chi connectivity index (χ1) is 15.9. The minimum absolute atomic E-state index is 0.117. The van der Waals surface area contributed by atoms with Crippen LogP contribution in [0.25, 0.3) is 17.4 Å². The maximum atomic E-state index is 12.3. The number of nitrogens with zero attached hydrogens (tertiary/aromatic N) is 2. The summed E-state index contributed by atoms with van der Waals surface area (Å²) in [5, 5.41) is 3.55. The SMILES string of the molecule is CC(=O)N1CCN(c2ccc(NC(=O)C=Cc3ccc(-c4ccc(C)c(Cl)c4)o3)cc2)CC1. The molecule has 2 heterocycles. The van der Waals surface area contributed by atoms with Crippen LogP contribution in [0.4, 0.5) is 11.4 Å². The molecule has 0 bridgehead atoms. The average Bonchev–Trinajstić information content (AvgIpc) is 3.29. The second-order valence-electron chi connectivity index (χ2n) is 8.03. The number of hydrogen-bond acceptors (Lipinski definition) is 4. The van der Waals surface area contributed by atoms with Crippen LogP contribution in [0.15, 0.2) is 65.1 Å². The van der Waals surface area contributed by atoms with Gasteiger partial charge in [0.15, 0.2) is 0 Å². The van der Waals surface area contributed by atoms with E-state index in [1.165, 1.54) is 6.08 Å². The van der Waals surface area contributed by atoms with E-state index >= 15 is 0 Å². The lowest BCUT2D eigenvalue weighted by atomic mass is 10.1. The monoisotopic (exact) mass is 463 g/mol. The molecule has 0 aliphatic carbocycles. The van der Waals surface area contributed by atoms with Crippen LogP contribution in [0.5, 0.6) is 0 Å². The van der Waals surface area contributed by atoms with Gasteiger partial charge in [-0.05, 0) is 61.0 Å². The summed E-state index contributed by atoms with van der Waals surface area (Å²) in [5.41, 5.74) is 3.68. The van der Waals surface area contributed by atoms with Crippen LogP contribution in [0.1, 0.15) is 18.2 Å². The van der Waals surface area contributed by atoms with Gasteiger partial charge in [-0.25, -0.2) is 0 Å². The molecule has 0 spiro atoms. The second-order valence-corrected chi connectivity index (χ2v) is 8.44. The molecule has 0 unspecified atom stereocenters. The van der Waals surface area contributed by atoms with E-state index in [1.54, 1.807) is 13.0 Å². The molecule has 0 radical (unpaired) electrons. The number of hydrogen-bond donors (Lipinski definition) is 1. The predicted octanol–water partition coefficient (Wildman–Crippen LogP) is 5.23. The van der Waals surface area contributed by atoms with Gasteiger partial charge in [0, 0.05) is 61.1 Å². The molecule has 3 aromatic rings. The third kappa shape index (κ3) is 5.65. The van der Waals surface area contributed by atoms with E-state index in [-0.39, 0.29) is 11.8 Å². The minimum Gasteiger partial charge on any atom is -0.457 e. The first-order valence-corrected chi connectivity index (χ1v) is 11.2. The summed E-state index contributed by atoms with van der Waals surface area (Å²) in [6.45, 7) is 6.60. The number of halogens is 1. The maximum absolute atomic E-state index is 12.3. The topological polar surface area (TPSA) is 65.8 Å². The highest BCUT2D eigenvalue weighted by atomic mass is 35.5. The molecule has 2 amide bonds. The number of amides is 2. The number of piperazine rings is 1. The zero-order valence-electron chi connectivity index (χ0n) is 18.7. The Hall–Kier alpha value is -3.51. The Morgan fingerprint density at radius 2 is 1.73 bits per heavy atom. The third-order valence-electron chi connectivity index (χ3n) is 5.71. The summed E-state index contributed by atoms with van der Waals surface area (Å²) in [6.07, 6.45) is 3.08. The van der Waals surface area contributed by atoms with Crippen LogP contribution in [0, 0.1) is 6.92 Å². The van der Waals surface area contributed by atoms with Crippen LogP contribution >= 0.6 is 11.6 Å². The Balaban J connectivity index is 1.32. The van der Waals surface area contributed by atoms with E-state index in [2.05, 4.69) is 10.2 Å². The van der Waals surface area contributed by atoms with Gasteiger partial charge < -0.3 is 19.5 Å². The molecular formula is C26H26ClN3O3. The van der Waals surface area contributed by atoms with Gasteiger partial charge in [0.1, 0.15) is 11.5 Å². The zero-order valence-corrected chi connectivity index (χ0v) is 19.4. The molecule has 1 saturated heterocycles. The molecule has 7 heteroatoms. The van der Waals surface area contributed by atoms with Crippen LogP contribution < -0.4 is 10.2 Å². The van der Waals surface area contributed by atoms with Crippen molar-refractivity contribution in [2.24, 2.45) is 0 Å². The molecule has 1 aliphatic heterocycles. The molecule has 6 nitrogen and oxygen atoms in total. The summed E-state index contributed by atoms with van der Waals surface area (Å²) in [6, 6.07) is 17.1. The summed E-state index contributed by atoms with van der Waals surface area (Å²) in [5.74, 6) is 1.15. The molecule has 1 fully saturated rings. The smallest absolute Gasteiger partial charge is 0.248 e. The van der Waals surface area contributed by atoms with E-state index in [0.717, 1.165) is 43.0 Å². The number of nitrogens with one attached hydrogen (secondary N) is 1. The second kappa shape index (κ2) is 9.96.